The highest BCUT2D eigenvalue weighted by atomic mass is 32.2. The molecule has 1 amide bonds. The van der Waals surface area contributed by atoms with Crippen molar-refractivity contribution in [1.82, 2.24) is 4.90 Å². The summed E-state index contributed by atoms with van der Waals surface area (Å²) in [5.41, 5.74) is 4.31. The second kappa shape index (κ2) is 5.93. The molecule has 4 nitrogen and oxygen atoms in total. The number of carbonyl (C=O) groups excluding carboxylic acids is 1. The first-order chi connectivity index (χ1) is 10.2. The Labute approximate surface area is 129 Å². The van der Waals surface area contributed by atoms with E-state index in [9.17, 15) is 4.79 Å². The van der Waals surface area contributed by atoms with Crippen LogP contribution in [-0.4, -0.2) is 29.1 Å². The van der Waals surface area contributed by atoms with E-state index in [-0.39, 0.29) is 5.91 Å². The van der Waals surface area contributed by atoms with Crippen molar-refractivity contribution in [2.75, 3.05) is 18.4 Å². The van der Waals surface area contributed by atoms with E-state index in [4.69, 9.17) is 0 Å². The van der Waals surface area contributed by atoms with Crippen LogP contribution >= 0.6 is 11.8 Å². The summed E-state index contributed by atoms with van der Waals surface area (Å²) in [5, 5.41) is 6.15. The maximum Gasteiger partial charge on any atom is 0.230 e. The lowest BCUT2D eigenvalue weighted by atomic mass is 10.1. The van der Waals surface area contributed by atoms with Crippen LogP contribution in [0.3, 0.4) is 0 Å². The van der Waals surface area contributed by atoms with Gasteiger partial charge in [-0.05, 0) is 29.9 Å². The molecule has 2 aliphatic rings. The van der Waals surface area contributed by atoms with Gasteiger partial charge in [0, 0.05) is 17.9 Å². The van der Waals surface area contributed by atoms with Gasteiger partial charge in [0.25, 0.3) is 0 Å². The Balaban J connectivity index is 1.69. The second-order valence-corrected chi connectivity index (χ2v) is 6.07. The van der Waals surface area contributed by atoms with Gasteiger partial charge >= 0.3 is 0 Å². The van der Waals surface area contributed by atoms with Crippen LogP contribution in [0.2, 0.25) is 0 Å². The van der Waals surface area contributed by atoms with E-state index in [0.717, 1.165) is 41.6 Å². The minimum atomic E-state index is 0.0407. The van der Waals surface area contributed by atoms with E-state index in [1.807, 2.05) is 24.5 Å². The first kappa shape index (κ1) is 14.2. The fourth-order valence-electron chi connectivity index (χ4n) is 2.67. The Morgan fingerprint density at radius 3 is 3.14 bits per heavy atom. The summed E-state index contributed by atoms with van der Waals surface area (Å²) in [7, 11) is 0. The summed E-state index contributed by atoms with van der Waals surface area (Å²) in [6.45, 7) is 5.86. The number of fused-ring (bicyclic) bond motifs is 1. The molecule has 1 N–H and O–H groups in total. The van der Waals surface area contributed by atoms with Gasteiger partial charge in [0.05, 0.1) is 13.0 Å². The maximum absolute atomic E-state index is 12.3. The molecule has 3 rings (SSSR count). The maximum atomic E-state index is 12.3. The lowest BCUT2D eigenvalue weighted by Crippen LogP contribution is -2.24. The number of thioether (sulfide) groups is 1. The van der Waals surface area contributed by atoms with Gasteiger partial charge in [-0.1, -0.05) is 36.9 Å². The topological polar surface area (TPSA) is 44.7 Å². The molecular weight excluding hydrogens is 282 g/mol. The fourth-order valence-corrected chi connectivity index (χ4v) is 3.62. The van der Waals surface area contributed by atoms with E-state index in [0.29, 0.717) is 6.42 Å². The zero-order valence-electron chi connectivity index (χ0n) is 12.3. The van der Waals surface area contributed by atoms with E-state index in [2.05, 4.69) is 28.2 Å². The minimum absolute atomic E-state index is 0.0407. The molecule has 0 radical (unpaired) electrons. The monoisotopic (exact) mass is 301 g/mol. The number of para-hydroxylation sites is 1. The molecule has 5 heteroatoms. The van der Waals surface area contributed by atoms with Crippen molar-refractivity contribution in [3.63, 3.8) is 0 Å². The number of carbonyl (C=O) groups is 1. The number of nitrogens with one attached hydrogen (secondary N) is 1. The zero-order valence-corrected chi connectivity index (χ0v) is 13.2. The van der Waals surface area contributed by atoms with Crippen molar-refractivity contribution in [3.05, 3.63) is 40.4 Å². The van der Waals surface area contributed by atoms with Gasteiger partial charge in [0.2, 0.25) is 5.91 Å². The molecular formula is C16H19N3OS. The molecule has 0 aromatic heterocycles. The first-order valence-corrected chi connectivity index (χ1v) is 8.13. The molecule has 110 valence electrons. The quantitative estimate of drug-likeness (QED) is 0.929. The third kappa shape index (κ3) is 2.83. The highest BCUT2D eigenvalue weighted by Crippen LogP contribution is 2.31. The summed E-state index contributed by atoms with van der Waals surface area (Å²) < 4.78 is 0. The van der Waals surface area contributed by atoms with Crippen molar-refractivity contribution >= 4 is 28.5 Å². The van der Waals surface area contributed by atoms with Gasteiger partial charge in [-0.3, -0.25) is 9.79 Å². The van der Waals surface area contributed by atoms with E-state index < -0.39 is 0 Å². The van der Waals surface area contributed by atoms with Gasteiger partial charge in [0.15, 0.2) is 5.17 Å². The highest BCUT2D eigenvalue weighted by Gasteiger charge is 2.27. The smallest absolute Gasteiger partial charge is 0.230 e. The molecule has 0 unspecified atom stereocenters. The third-order valence-electron chi connectivity index (χ3n) is 3.79. The molecule has 1 aromatic rings. The SMILES string of the molecule is CCc1cccc(C)c1NC(=O)CC1=CSC2=NCCN12. The summed E-state index contributed by atoms with van der Waals surface area (Å²) in [4.78, 5) is 18.9. The number of amidine groups is 1. The Morgan fingerprint density at radius 2 is 2.33 bits per heavy atom. The minimum Gasteiger partial charge on any atom is -0.325 e. The molecule has 0 bridgehead atoms. The van der Waals surface area contributed by atoms with Crippen molar-refractivity contribution < 1.29 is 4.79 Å². The average molecular weight is 301 g/mol. The van der Waals surface area contributed by atoms with Crippen LogP contribution in [-0.2, 0) is 11.2 Å². The molecule has 0 aliphatic carbocycles. The van der Waals surface area contributed by atoms with Gasteiger partial charge in [-0.2, -0.15) is 0 Å². The summed E-state index contributed by atoms with van der Waals surface area (Å²) >= 11 is 1.61. The van der Waals surface area contributed by atoms with Crippen LogP contribution in [0.1, 0.15) is 24.5 Å². The highest BCUT2D eigenvalue weighted by molar-refractivity contribution is 8.16. The standard InChI is InChI=1S/C16H19N3OS/c1-3-12-6-4-5-11(2)15(12)18-14(20)9-13-10-21-16-17-7-8-19(13)16/h4-6,10H,3,7-9H2,1-2H3,(H,18,20). The molecule has 0 saturated carbocycles. The predicted molar refractivity (Wildman–Crippen MR) is 88.5 cm³/mol. The number of aryl methyl sites for hydroxylation is 2. The van der Waals surface area contributed by atoms with Gasteiger partial charge in [-0.15, -0.1) is 0 Å². The van der Waals surface area contributed by atoms with E-state index in [1.54, 1.807) is 11.8 Å². The van der Waals surface area contributed by atoms with Gasteiger partial charge in [-0.25, -0.2) is 0 Å². The fraction of sp³-hybridized carbons (Fsp3) is 0.375. The molecule has 2 aliphatic heterocycles. The van der Waals surface area contributed by atoms with E-state index >= 15 is 0 Å². The van der Waals surface area contributed by atoms with Crippen molar-refractivity contribution in [2.45, 2.75) is 26.7 Å². The third-order valence-corrected chi connectivity index (χ3v) is 4.74. The predicted octanol–water partition coefficient (Wildman–Crippen LogP) is 3.15. The van der Waals surface area contributed by atoms with Crippen LogP contribution < -0.4 is 5.32 Å². The molecule has 0 saturated heterocycles. The van der Waals surface area contributed by atoms with Crippen LogP contribution in [0.25, 0.3) is 0 Å². The number of hydrogen-bond acceptors (Lipinski definition) is 4. The summed E-state index contributed by atoms with van der Waals surface area (Å²) in [6.07, 6.45) is 1.32. The zero-order chi connectivity index (χ0) is 14.8. The number of anilines is 1. The van der Waals surface area contributed by atoms with Crippen LogP contribution in [0.4, 0.5) is 5.69 Å². The second-order valence-electron chi connectivity index (χ2n) is 5.23. The number of amides is 1. The number of aliphatic imine (C=N–C) groups is 1. The number of nitrogens with zero attached hydrogens (tertiary/aromatic N) is 2. The van der Waals surface area contributed by atoms with Crippen LogP contribution in [0, 0.1) is 6.92 Å². The van der Waals surface area contributed by atoms with E-state index in [1.165, 1.54) is 5.56 Å². The van der Waals surface area contributed by atoms with Crippen molar-refractivity contribution in [1.29, 1.82) is 0 Å². The lowest BCUT2D eigenvalue weighted by molar-refractivity contribution is -0.115. The Bertz CT molecular complexity index is 636. The summed E-state index contributed by atoms with van der Waals surface area (Å²) in [6, 6.07) is 6.14. The van der Waals surface area contributed by atoms with Crippen molar-refractivity contribution in [3.8, 4) is 0 Å². The first-order valence-electron chi connectivity index (χ1n) is 7.25. The molecule has 21 heavy (non-hydrogen) atoms. The number of benzene rings is 1. The molecule has 0 spiro atoms. The number of rotatable bonds is 4. The lowest BCUT2D eigenvalue weighted by Gasteiger charge is -2.17. The van der Waals surface area contributed by atoms with Crippen molar-refractivity contribution in [2.24, 2.45) is 4.99 Å². The van der Waals surface area contributed by atoms with Gasteiger partial charge < -0.3 is 10.2 Å². The molecule has 1 aromatic carbocycles. The molecule has 0 atom stereocenters. The molecule has 0 fully saturated rings. The summed E-state index contributed by atoms with van der Waals surface area (Å²) in [5.74, 6) is 0.0407. The molecule has 2 heterocycles. The largest absolute Gasteiger partial charge is 0.325 e. The van der Waals surface area contributed by atoms with Gasteiger partial charge in [0.1, 0.15) is 0 Å². The van der Waals surface area contributed by atoms with Crippen LogP contribution in [0.15, 0.2) is 34.3 Å². The Kier molecular flexibility index (Phi) is 4.01. The average Bonchev–Trinajstić information content (AvgIpc) is 3.06. The van der Waals surface area contributed by atoms with Crippen LogP contribution in [0.5, 0.6) is 0 Å². The Hall–Kier alpha value is -1.75. The Morgan fingerprint density at radius 1 is 1.48 bits per heavy atom. The normalized spacial score (nSPS) is 16.6. The number of hydrogen-bond donors (Lipinski definition) is 1.